The second-order valence-electron chi connectivity index (χ2n) is 11.0. The highest BCUT2D eigenvalue weighted by atomic mass is 32.1. The minimum atomic E-state index is -1.04. The Balaban J connectivity index is 1.44. The molecular formula is C32H32N6O5S. The molecule has 1 aliphatic heterocycles. The summed E-state index contributed by atoms with van der Waals surface area (Å²) in [4.78, 5) is 52.2. The minimum absolute atomic E-state index is 0.0948. The molecule has 2 heterocycles. The monoisotopic (exact) mass is 612 g/mol. The van der Waals surface area contributed by atoms with E-state index in [0.717, 1.165) is 5.69 Å². The van der Waals surface area contributed by atoms with Crippen molar-refractivity contribution in [1.29, 1.82) is 0 Å². The summed E-state index contributed by atoms with van der Waals surface area (Å²) >= 11 is 5.54. The first-order valence-corrected chi connectivity index (χ1v) is 14.0. The van der Waals surface area contributed by atoms with Gasteiger partial charge in [-0.3, -0.25) is 24.4 Å². The molecule has 44 heavy (non-hydrogen) atoms. The van der Waals surface area contributed by atoms with Crippen molar-refractivity contribution in [1.82, 2.24) is 15.1 Å². The Bertz CT molecular complexity index is 1740. The third-order valence-corrected chi connectivity index (χ3v) is 6.76. The summed E-state index contributed by atoms with van der Waals surface area (Å²) in [6.45, 7) is 7.11. The molecule has 3 N–H and O–H groups in total. The third kappa shape index (κ3) is 7.76. The number of carbonyl (C=O) groups excluding carboxylic acids is 4. The number of hydrogen-bond acceptors (Lipinski definition) is 7. The molecule has 1 unspecified atom stereocenters. The molecule has 1 atom stereocenters. The van der Waals surface area contributed by atoms with E-state index in [0.29, 0.717) is 28.3 Å². The molecule has 2 aromatic carbocycles. The maximum atomic E-state index is 13.4. The maximum absolute atomic E-state index is 13.4. The summed E-state index contributed by atoms with van der Waals surface area (Å²) in [5.41, 5.74) is 2.71. The van der Waals surface area contributed by atoms with Crippen molar-refractivity contribution in [3.63, 3.8) is 0 Å². The second kappa shape index (κ2) is 12.9. The Morgan fingerprint density at radius 1 is 1.07 bits per heavy atom. The van der Waals surface area contributed by atoms with Gasteiger partial charge in [0.2, 0.25) is 5.91 Å². The molecule has 0 saturated heterocycles. The number of benzene rings is 2. The molecule has 1 aliphatic rings. The quantitative estimate of drug-likeness (QED) is 0.288. The average molecular weight is 613 g/mol. The van der Waals surface area contributed by atoms with E-state index in [-0.39, 0.29) is 16.3 Å². The van der Waals surface area contributed by atoms with Crippen LogP contribution in [0.5, 0.6) is 0 Å². The van der Waals surface area contributed by atoms with Crippen molar-refractivity contribution < 1.29 is 23.9 Å². The molecule has 11 nitrogen and oxygen atoms in total. The third-order valence-electron chi connectivity index (χ3n) is 6.30. The largest absolute Gasteiger partial charge is 0.444 e. The number of likely N-dealkylation sites (N-methyl/N-ethyl adjacent to an activating group) is 1. The number of anilines is 3. The summed E-state index contributed by atoms with van der Waals surface area (Å²) in [6.07, 6.45) is 0.697. The molecule has 0 bridgehead atoms. The Morgan fingerprint density at radius 2 is 1.77 bits per heavy atom. The summed E-state index contributed by atoms with van der Waals surface area (Å²) in [5, 5.41) is 12.2. The summed E-state index contributed by atoms with van der Waals surface area (Å²) in [5.74, 6) is 3.56. The molecule has 1 aromatic heterocycles. The zero-order valence-electron chi connectivity index (χ0n) is 25.1. The van der Waals surface area contributed by atoms with Crippen LogP contribution < -0.4 is 20.9 Å². The lowest BCUT2D eigenvalue weighted by Crippen LogP contribution is -2.42. The zero-order chi connectivity index (χ0) is 32.2. The fourth-order valence-corrected chi connectivity index (χ4v) is 4.52. The van der Waals surface area contributed by atoms with Crippen LogP contribution in [0.15, 0.2) is 66.4 Å². The lowest BCUT2D eigenvalue weighted by Gasteiger charge is -2.24. The summed E-state index contributed by atoms with van der Waals surface area (Å²) in [7, 11) is 3.26. The predicted molar refractivity (Wildman–Crippen MR) is 171 cm³/mol. The van der Waals surface area contributed by atoms with Gasteiger partial charge >= 0.3 is 6.09 Å². The van der Waals surface area contributed by atoms with E-state index in [1.807, 2.05) is 0 Å². The number of aromatic nitrogens is 2. The fraction of sp³-hybridized carbons (Fsp3) is 0.250. The molecule has 4 amide bonds. The number of aryl methyl sites for hydroxylation is 2. The number of carbonyl (C=O) groups is 4. The maximum Gasteiger partial charge on any atom is 0.412 e. The molecule has 0 spiro atoms. The lowest BCUT2D eigenvalue weighted by molar-refractivity contribution is -0.120. The molecule has 3 aromatic rings. The molecule has 0 fully saturated rings. The number of nitrogens with one attached hydrogen (secondary N) is 3. The van der Waals surface area contributed by atoms with Crippen LogP contribution in [0.3, 0.4) is 0 Å². The van der Waals surface area contributed by atoms with E-state index in [1.54, 1.807) is 96.4 Å². The van der Waals surface area contributed by atoms with Gasteiger partial charge in [0.1, 0.15) is 17.2 Å². The van der Waals surface area contributed by atoms with Crippen LogP contribution in [0.25, 0.3) is 0 Å². The highest BCUT2D eigenvalue weighted by Gasteiger charge is 2.32. The average Bonchev–Trinajstić information content (AvgIpc) is 3.29. The molecule has 0 aliphatic carbocycles. The van der Waals surface area contributed by atoms with Gasteiger partial charge in [0.05, 0.1) is 16.1 Å². The first-order valence-electron chi connectivity index (χ1n) is 13.6. The fourth-order valence-electron chi connectivity index (χ4n) is 4.21. The number of ether oxygens (including phenoxy) is 1. The summed E-state index contributed by atoms with van der Waals surface area (Å²) in [6, 6.07) is 15.1. The number of thiocarbonyl (C=S) groups is 1. The van der Waals surface area contributed by atoms with Crippen molar-refractivity contribution in [3.05, 3.63) is 83.3 Å². The van der Waals surface area contributed by atoms with Crippen molar-refractivity contribution >= 4 is 58.0 Å². The van der Waals surface area contributed by atoms with Gasteiger partial charge in [0.15, 0.2) is 0 Å². The number of hydrogen-bond donors (Lipinski definition) is 3. The van der Waals surface area contributed by atoms with Crippen molar-refractivity contribution in [3.8, 4) is 11.8 Å². The van der Waals surface area contributed by atoms with Crippen LogP contribution in [-0.4, -0.2) is 51.1 Å². The van der Waals surface area contributed by atoms with Gasteiger partial charge in [-0.2, -0.15) is 5.10 Å². The second-order valence-corrected chi connectivity index (χ2v) is 11.4. The number of nitrogens with zero attached hydrogens (tertiary/aromatic N) is 3. The normalized spacial score (nSPS) is 14.4. The van der Waals surface area contributed by atoms with Crippen LogP contribution in [0.1, 0.15) is 42.5 Å². The van der Waals surface area contributed by atoms with Gasteiger partial charge in [-0.1, -0.05) is 30.1 Å². The van der Waals surface area contributed by atoms with E-state index < -0.39 is 29.4 Å². The van der Waals surface area contributed by atoms with Gasteiger partial charge < -0.3 is 20.3 Å². The molecular weight excluding hydrogens is 580 g/mol. The Morgan fingerprint density at radius 3 is 2.41 bits per heavy atom. The Hall–Kier alpha value is -5.28. The van der Waals surface area contributed by atoms with Crippen molar-refractivity contribution in [2.24, 2.45) is 13.0 Å². The number of rotatable bonds is 5. The summed E-state index contributed by atoms with van der Waals surface area (Å²) < 4.78 is 6.76. The molecule has 226 valence electrons. The lowest BCUT2D eigenvalue weighted by atomic mass is 9.94. The van der Waals surface area contributed by atoms with E-state index in [1.165, 1.54) is 15.8 Å². The highest BCUT2D eigenvalue weighted by molar-refractivity contribution is 7.81. The van der Waals surface area contributed by atoms with Gasteiger partial charge in [-0.05, 0) is 76.2 Å². The first kappa shape index (κ1) is 31.7. The topological polar surface area (TPSA) is 135 Å². The van der Waals surface area contributed by atoms with Gasteiger partial charge in [-0.25, -0.2) is 4.79 Å². The van der Waals surface area contributed by atoms with Crippen LogP contribution in [-0.2, 0) is 21.4 Å². The molecule has 0 radical (unpaired) electrons. The van der Waals surface area contributed by atoms with E-state index in [9.17, 15) is 19.2 Å². The van der Waals surface area contributed by atoms with Gasteiger partial charge in [0, 0.05) is 42.9 Å². The van der Waals surface area contributed by atoms with Gasteiger partial charge in [-0.15, -0.1) is 0 Å². The Kier molecular flexibility index (Phi) is 9.30. The molecule has 4 rings (SSSR count). The van der Waals surface area contributed by atoms with Crippen LogP contribution in [0.2, 0.25) is 0 Å². The minimum Gasteiger partial charge on any atom is -0.444 e. The van der Waals surface area contributed by atoms with Crippen LogP contribution in [0.4, 0.5) is 21.9 Å². The van der Waals surface area contributed by atoms with E-state index in [4.69, 9.17) is 17.0 Å². The smallest absolute Gasteiger partial charge is 0.412 e. The zero-order valence-corrected chi connectivity index (χ0v) is 26.0. The highest BCUT2D eigenvalue weighted by Crippen LogP contribution is 2.23. The molecule has 12 heteroatoms. The van der Waals surface area contributed by atoms with E-state index >= 15 is 0 Å². The Labute approximate surface area is 260 Å². The van der Waals surface area contributed by atoms with Crippen LogP contribution in [0, 0.1) is 24.7 Å². The van der Waals surface area contributed by atoms with E-state index in [2.05, 4.69) is 32.9 Å². The SMILES string of the molecule is Cc1cc(C(=O)Nc2cccc(C#CC3C(=O)NC=C(C(=O)N(C)c4ccc(NC(=O)OC(C)(C)C)cc4)C3=S)c2)n(C)n1. The van der Waals surface area contributed by atoms with Gasteiger partial charge in [0.25, 0.3) is 11.8 Å². The standard InChI is InChI=1S/C32H32N6O5S/c1-19-16-26(38(6)36-19)29(40)34-22-9-7-8-20(17-22)10-15-24-27(44)25(18-33-28(24)39)30(41)37(5)23-13-11-21(12-14-23)35-31(42)43-32(2,3)4/h7-9,11-14,16-18,24H,1-6H3,(H,33,39)(H,34,40)(H,35,42). The predicted octanol–water partition coefficient (Wildman–Crippen LogP) is 4.34. The first-order chi connectivity index (χ1) is 20.7. The number of amides is 4. The van der Waals surface area contributed by atoms with Crippen molar-refractivity contribution in [2.45, 2.75) is 33.3 Å². The van der Waals surface area contributed by atoms with Crippen molar-refractivity contribution in [2.75, 3.05) is 22.6 Å². The van der Waals surface area contributed by atoms with Crippen LogP contribution >= 0.6 is 12.2 Å². The molecule has 0 saturated carbocycles.